The zero-order valence-electron chi connectivity index (χ0n) is 18.1. The van der Waals surface area contributed by atoms with Crippen LogP contribution in [0, 0.1) is 11.3 Å². The van der Waals surface area contributed by atoms with E-state index >= 15 is 0 Å². The van der Waals surface area contributed by atoms with Crippen molar-refractivity contribution in [3.63, 3.8) is 0 Å². The first-order valence-electron chi connectivity index (χ1n) is 10.1. The third kappa shape index (κ3) is 5.96. The number of hydrogen-bond donors (Lipinski definition) is 1. The summed E-state index contributed by atoms with van der Waals surface area (Å²) in [7, 11) is 1.64. The van der Waals surface area contributed by atoms with E-state index in [-0.39, 0.29) is 29.2 Å². The molecule has 2 amide bonds. The molecule has 0 radical (unpaired) electrons. The molecule has 0 bridgehead atoms. The third-order valence-electron chi connectivity index (χ3n) is 5.13. The number of ether oxygens (including phenoxy) is 1. The minimum Gasteiger partial charge on any atom is -0.497 e. The van der Waals surface area contributed by atoms with Crippen molar-refractivity contribution in [2.24, 2.45) is 11.3 Å². The number of rotatable bonds is 6. The second-order valence-electron chi connectivity index (χ2n) is 8.88. The number of carbonyl (C=O) groups is 2. The Kier molecular flexibility index (Phi) is 7.47. The van der Waals surface area contributed by atoms with Crippen LogP contribution < -0.4 is 10.1 Å². The average molecular weight is 390 g/mol. The minimum atomic E-state index is -0.359. The Labute approximate surface area is 169 Å². The van der Waals surface area contributed by atoms with Crippen molar-refractivity contribution < 1.29 is 14.3 Å². The highest BCUT2D eigenvalue weighted by atomic mass is 16.5. The van der Waals surface area contributed by atoms with Crippen molar-refractivity contribution in [3.8, 4) is 5.75 Å². The summed E-state index contributed by atoms with van der Waals surface area (Å²) in [6.45, 7) is 13.2. The molecule has 1 aromatic rings. The molecule has 1 atom stereocenters. The van der Waals surface area contributed by atoms with Gasteiger partial charge in [0.15, 0.2) is 0 Å². The van der Waals surface area contributed by atoms with Crippen molar-refractivity contribution in [2.75, 3.05) is 39.8 Å². The molecule has 0 aliphatic carbocycles. The highest BCUT2D eigenvalue weighted by Gasteiger charge is 2.30. The molecule has 1 aliphatic rings. The molecular formula is C22H35N3O3. The molecule has 156 valence electrons. The molecule has 1 heterocycles. The van der Waals surface area contributed by atoms with Crippen LogP contribution in [-0.4, -0.2) is 61.4 Å². The van der Waals surface area contributed by atoms with Crippen LogP contribution in [0.25, 0.3) is 0 Å². The molecule has 0 aromatic heterocycles. The number of carbonyl (C=O) groups excluding carboxylic acids is 2. The molecule has 1 unspecified atom stereocenters. The maximum atomic E-state index is 12.6. The standard InChI is InChI=1S/C22H35N3O3/c1-16(2)20(17-7-9-18(28-6)10-8-17)23-19(26)15-24-11-13-25(14-12-24)21(27)22(3,4)5/h7-10,16,20H,11-15H2,1-6H3,(H,23,26). The van der Waals surface area contributed by atoms with Gasteiger partial charge in [0.2, 0.25) is 11.8 Å². The van der Waals surface area contributed by atoms with E-state index in [0.717, 1.165) is 24.4 Å². The van der Waals surface area contributed by atoms with Gasteiger partial charge in [-0.25, -0.2) is 0 Å². The lowest BCUT2D eigenvalue weighted by Crippen LogP contribution is -2.53. The van der Waals surface area contributed by atoms with Gasteiger partial charge in [0.1, 0.15) is 5.75 Å². The van der Waals surface area contributed by atoms with Crippen molar-refractivity contribution in [1.82, 2.24) is 15.1 Å². The van der Waals surface area contributed by atoms with Crippen LogP contribution in [0.5, 0.6) is 5.75 Å². The predicted molar refractivity (Wildman–Crippen MR) is 111 cm³/mol. The van der Waals surface area contributed by atoms with E-state index in [1.165, 1.54) is 0 Å². The van der Waals surface area contributed by atoms with Crippen LogP contribution in [0.1, 0.15) is 46.2 Å². The number of amides is 2. The number of piperazine rings is 1. The van der Waals surface area contributed by atoms with Crippen LogP contribution in [0.15, 0.2) is 24.3 Å². The number of nitrogens with one attached hydrogen (secondary N) is 1. The molecule has 0 saturated carbocycles. The minimum absolute atomic E-state index is 0.0186. The molecule has 6 heteroatoms. The van der Waals surface area contributed by atoms with Crippen LogP contribution in [0.2, 0.25) is 0 Å². The number of hydrogen-bond acceptors (Lipinski definition) is 4. The summed E-state index contributed by atoms with van der Waals surface area (Å²) in [6.07, 6.45) is 0. The summed E-state index contributed by atoms with van der Waals surface area (Å²) in [4.78, 5) is 29.1. The maximum Gasteiger partial charge on any atom is 0.234 e. The summed E-state index contributed by atoms with van der Waals surface area (Å²) < 4.78 is 5.22. The molecule has 1 saturated heterocycles. The summed E-state index contributed by atoms with van der Waals surface area (Å²) in [5.41, 5.74) is 0.715. The largest absolute Gasteiger partial charge is 0.497 e. The smallest absolute Gasteiger partial charge is 0.234 e. The van der Waals surface area contributed by atoms with Gasteiger partial charge in [-0.2, -0.15) is 0 Å². The van der Waals surface area contributed by atoms with Gasteiger partial charge < -0.3 is 15.0 Å². The van der Waals surface area contributed by atoms with Gasteiger partial charge in [-0.05, 0) is 23.6 Å². The Balaban J connectivity index is 1.89. The van der Waals surface area contributed by atoms with Gasteiger partial charge in [0.05, 0.1) is 19.7 Å². The zero-order valence-corrected chi connectivity index (χ0v) is 18.1. The van der Waals surface area contributed by atoms with Crippen LogP contribution in [-0.2, 0) is 9.59 Å². The number of methoxy groups -OCH3 is 1. The summed E-state index contributed by atoms with van der Waals surface area (Å²) >= 11 is 0. The lowest BCUT2D eigenvalue weighted by molar-refractivity contribution is -0.141. The highest BCUT2D eigenvalue weighted by molar-refractivity contribution is 5.82. The first kappa shape index (κ1) is 22.2. The Morgan fingerprint density at radius 3 is 2.11 bits per heavy atom. The van der Waals surface area contributed by atoms with E-state index in [1.54, 1.807) is 7.11 Å². The van der Waals surface area contributed by atoms with Crippen molar-refractivity contribution in [2.45, 2.75) is 40.7 Å². The summed E-state index contributed by atoms with van der Waals surface area (Å²) in [5.74, 6) is 1.28. The van der Waals surface area contributed by atoms with E-state index in [0.29, 0.717) is 19.6 Å². The number of benzene rings is 1. The molecule has 1 fully saturated rings. The average Bonchev–Trinajstić information content (AvgIpc) is 2.65. The fourth-order valence-corrected chi connectivity index (χ4v) is 3.45. The van der Waals surface area contributed by atoms with Gasteiger partial charge in [-0.3, -0.25) is 14.5 Å². The van der Waals surface area contributed by atoms with Crippen LogP contribution >= 0.6 is 0 Å². The van der Waals surface area contributed by atoms with Crippen molar-refractivity contribution in [3.05, 3.63) is 29.8 Å². The highest BCUT2D eigenvalue weighted by Crippen LogP contribution is 2.24. The molecule has 0 spiro atoms. The predicted octanol–water partition coefficient (Wildman–Crippen LogP) is 2.70. The Bertz CT molecular complexity index is 657. The molecule has 6 nitrogen and oxygen atoms in total. The monoisotopic (exact) mass is 389 g/mol. The van der Waals surface area contributed by atoms with E-state index in [9.17, 15) is 9.59 Å². The van der Waals surface area contributed by atoms with Crippen molar-refractivity contribution in [1.29, 1.82) is 0 Å². The van der Waals surface area contributed by atoms with E-state index < -0.39 is 0 Å². The first-order valence-corrected chi connectivity index (χ1v) is 10.1. The Morgan fingerprint density at radius 1 is 1.07 bits per heavy atom. The van der Waals surface area contributed by atoms with Gasteiger partial charge in [-0.15, -0.1) is 0 Å². The Morgan fingerprint density at radius 2 is 1.64 bits per heavy atom. The normalized spacial score (nSPS) is 16.8. The second-order valence-corrected chi connectivity index (χ2v) is 8.88. The van der Waals surface area contributed by atoms with Gasteiger partial charge in [0.25, 0.3) is 0 Å². The van der Waals surface area contributed by atoms with Crippen LogP contribution in [0.3, 0.4) is 0 Å². The topological polar surface area (TPSA) is 61.9 Å². The van der Waals surface area contributed by atoms with E-state index in [1.807, 2.05) is 49.9 Å². The fourth-order valence-electron chi connectivity index (χ4n) is 3.45. The second kappa shape index (κ2) is 9.41. The van der Waals surface area contributed by atoms with Gasteiger partial charge in [-0.1, -0.05) is 46.8 Å². The Hall–Kier alpha value is -2.08. The third-order valence-corrected chi connectivity index (χ3v) is 5.13. The lowest BCUT2D eigenvalue weighted by atomic mass is 9.94. The molecule has 1 N–H and O–H groups in total. The first-order chi connectivity index (χ1) is 13.1. The number of nitrogens with zero attached hydrogens (tertiary/aromatic N) is 2. The van der Waals surface area contributed by atoms with Crippen molar-refractivity contribution >= 4 is 11.8 Å². The zero-order chi connectivity index (χ0) is 20.9. The molecule has 2 rings (SSSR count). The maximum absolute atomic E-state index is 12.6. The molecular weight excluding hydrogens is 354 g/mol. The van der Waals surface area contributed by atoms with Gasteiger partial charge >= 0.3 is 0 Å². The van der Waals surface area contributed by atoms with Gasteiger partial charge in [0, 0.05) is 31.6 Å². The molecule has 28 heavy (non-hydrogen) atoms. The summed E-state index contributed by atoms with van der Waals surface area (Å²) in [5, 5.41) is 3.17. The molecule has 1 aromatic carbocycles. The van der Waals surface area contributed by atoms with E-state index in [2.05, 4.69) is 24.1 Å². The quantitative estimate of drug-likeness (QED) is 0.813. The SMILES string of the molecule is COc1ccc(C(NC(=O)CN2CCN(C(=O)C(C)(C)C)CC2)C(C)C)cc1. The molecule has 1 aliphatic heterocycles. The van der Waals surface area contributed by atoms with E-state index in [4.69, 9.17) is 4.74 Å². The lowest BCUT2D eigenvalue weighted by Gasteiger charge is -2.37. The van der Waals surface area contributed by atoms with Crippen LogP contribution in [0.4, 0.5) is 0 Å². The fraction of sp³-hybridized carbons (Fsp3) is 0.636. The summed E-state index contributed by atoms with van der Waals surface area (Å²) in [6, 6.07) is 7.80.